The zero-order valence-electron chi connectivity index (χ0n) is 22.3. The van der Waals surface area contributed by atoms with E-state index in [1.54, 1.807) is 0 Å². The van der Waals surface area contributed by atoms with Crippen LogP contribution in [0.1, 0.15) is 65.5 Å². The second-order valence-corrected chi connectivity index (χ2v) is 10.6. The van der Waals surface area contributed by atoms with Crippen molar-refractivity contribution in [3.63, 3.8) is 0 Å². The average molecular weight is 480 g/mol. The smallest absolute Gasteiger partial charge is 0.302 e. The van der Waals surface area contributed by atoms with E-state index in [9.17, 15) is 9.59 Å². The molecule has 35 heavy (non-hydrogen) atoms. The highest BCUT2D eigenvalue weighted by Crippen LogP contribution is 2.41. The third kappa shape index (κ3) is 5.63. The van der Waals surface area contributed by atoms with Gasteiger partial charge >= 0.3 is 5.97 Å². The average Bonchev–Trinajstić information content (AvgIpc) is 3.20. The lowest BCUT2D eigenvalue weighted by Crippen LogP contribution is -2.52. The molecule has 2 aromatic rings. The monoisotopic (exact) mass is 479 g/mol. The molecule has 0 aliphatic carbocycles. The zero-order valence-corrected chi connectivity index (χ0v) is 22.3. The zero-order chi connectivity index (χ0) is 25.9. The quantitative estimate of drug-likeness (QED) is 0.391. The predicted octanol–water partition coefficient (Wildman–Crippen LogP) is 5.42. The van der Waals surface area contributed by atoms with Crippen molar-refractivity contribution >= 4 is 28.5 Å². The molecule has 0 bridgehead atoms. The van der Waals surface area contributed by atoms with Gasteiger partial charge in [-0.2, -0.15) is 0 Å². The Morgan fingerprint density at radius 3 is 2.63 bits per heavy atom. The van der Waals surface area contributed by atoms with E-state index in [4.69, 9.17) is 4.74 Å². The molecule has 3 rings (SSSR count). The Labute approximate surface area is 209 Å². The summed E-state index contributed by atoms with van der Waals surface area (Å²) in [7, 11) is 1.99. The molecule has 1 aliphatic rings. The molecule has 0 saturated heterocycles. The highest BCUT2D eigenvalue weighted by molar-refractivity contribution is 6.00. The Morgan fingerprint density at radius 1 is 1.31 bits per heavy atom. The third-order valence-electron chi connectivity index (χ3n) is 7.18. The van der Waals surface area contributed by atoms with Crippen molar-refractivity contribution in [3.8, 4) is 0 Å². The van der Waals surface area contributed by atoms with E-state index in [1.807, 2.05) is 19.3 Å². The molecule has 6 nitrogen and oxygen atoms in total. The van der Waals surface area contributed by atoms with Crippen molar-refractivity contribution in [2.24, 2.45) is 5.92 Å². The molecule has 1 aromatic heterocycles. The number of nitrogens with zero attached hydrogens (tertiary/aromatic N) is 1. The number of allylic oxidation sites excluding steroid dienone is 3. The number of amides is 1. The fourth-order valence-corrected chi connectivity index (χ4v) is 5.23. The van der Waals surface area contributed by atoms with E-state index < -0.39 is 0 Å². The number of rotatable bonds is 8. The minimum Gasteiger partial charge on any atom is -0.464 e. The number of H-pyrrole nitrogens is 1. The lowest BCUT2D eigenvalue weighted by Gasteiger charge is -2.34. The van der Waals surface area contributed by atoms with E-state index >= 15 is 0 Å². The van der Waals surface area contributed by atoms with E-state index in [1.165, 1.54) is 18.1 Å². The van der Waals surface area contributed by atoms with Crippen LogP contribution in [0.2, 0.25) is 0 Å². The highest BCUT2D eigenvalue weighted by Gasteiger charge is 2.34. The van der Waals surface area contributed by atoms with Crippen LogP contribution in [0, 0.1) is 5.92 Å². The highest BCUT2D eigenvalue weighted by atomic mass is 16.5. The first kappa shape index (κ1) is 26.6. The number of aromatic nitrogens is 1. The number of benzene rings is 1. The van der Waals surface area contributed by atoms with Crippen LogP contribution in [0.25, 0.3) is 10.9 Å². The first-order valence-electron chi connectivity index (χ1n) is 12.6. The largest absolute Gasteiger partial charge is 0.464 e. The fourth-order valence-electron chi connectivity index (χ4n) is 5.23. The van der Waals surface area contributed by atoms with Crippen molar-refractivity contribution in [1.29, 1.82) is 0 Å². The van der Waals surface area contributed by atoms with Gasteiger partial charge in [-0.3, -0.25) is 9.59 Å². The second kappa shape index (κ2) is 10.7. The van der Waals surface area contributed by atoms with Crippen LogP contribution in [0.15, 0.2) is 42.6 Å². The van der Waals surface area contributed by atoms with Crippen LogP contribution in [-0.2, 0) is 26.2 Å². The molecule has 1 aromatic carbocycles. The van der Waals surface area contributed by atoms with Gasteiger partial charge in [0.15, 0.2) is 0 Å². The number of aromatic amines is 1. The molecular formula is C29H41N3O3. The first-order chi connectivity index (χ1) is 16.5. The van der Waals surface area contributed by atoms with E-state index in [-0.39, 0.29) is 41.9 Å². The van der Waals surface area contributed by atoms with Gasteiger partial charge in [0.2, 0.25) is 5.91 Å². The van der Waals surface area contributed by atoms with Crippen LogP contribution in [0.3, 0.4) is 0 Å². The summed E-state index contributed by atoms with van der Waals surface area (Å²) in [5.74, 6) is -0.313. The Balaban J connectivity index is 2.17. The van der Waals surface area contributed by atoms with E-state index in [2.05, 4.69) is 74.6 Å². The molecule has 190 valence electrons. The van der Waals surface area contributed by atoms with Crippen LogP contribution >= 0.6 is 0 Å². The maximum Gasteiger partial charge on any atom is 0.302 e. The molecule has 2 heterocycles. The summed E-state index contributed by atoms with van der Waals surface area (Å²) < 4.78 is 5.31. The van der Waals surface area contributed by atoms with Crippen molar-refractivity contribution in [3.05, 3.63) is 53.8 Å². The number of carbonyl (C=O) groups excluding carboxylic acids is 2. The summed E-state index contributed by atoms with van der Waals surface area (Å²) in [5.41, 5.74) is 5.50. The standard InChI is InChI=1S/C29H41N3O3/c1-9-29(7,14-10-11-18(2)3)23-12-13-24-25-21(16-30-26(23)25)15-22(17-35-20(6)33)31-28(34)27(19(4)5)32(24)8/h9,11-13,16,19,22,27,30H,1,10,14-15,17H2,2-8H3,(H,31,34)/t22-,27-,29-/m0/s1. The molecule has 0 unspecified atom stereocenters. The summed E-state index contributed by atoms with van der Waals surface area (Å²) in [5, 5.41) is 4.26. The SMILES string of the molecule is C=C[C@@](C)(CCC=C(C)C)c1ccc2c3c(c[nH]c13)C[C@@H](COC(C)=O)NC(=O)[C@H](C(C)C)N2C. The van der Waals surface area contributed by atoms with Crippen LogP contribution < -0.4 is 10.2 Å². The summed E-state index contributed by atoms with van der Waals surface area (Å²) in [4.78, 5) is 30.5. The van der Waals surface area contributed by atoms with E-state index in [0.717, 1.165) is 35.0 Å². The number of ether oxygens (including phenoxy) is 1. The van der Waals surface area contributed by atoms with Gasteiger partial charge in [-0.1, -0.05) is 44.6 Å². The first-order valence-corrected chi connectivity index (χ1v) is 12.6. The normalized spacial score (nSPS) is 19.9. The van der Waals surface area contributed by atoms with Crippen LogP contribution in [0.5, 0.6) is 0 Å². The molecule has 1 amide bonds. The lowest BCUT2D eigenvalue weighted by atomic mass is 9.77. The van der Waals surface area contributed by atoms with Gasteiger partial charge in [0.05, 0.1) is 11.6 Å². The molecule has 0 saturated carbocycles. The minimum atomic E-state index is -0.354. The molecule has 6 heteroatoms. The van der Waals surface area contributed by atoms with Crippen molar-refractivity contribution in [2.45, 2.75) is 78.3 Å². The Morgan fingerprint density at radius 2 is 2.03 bits per heavy atom. The summed E-state index contributed by atoms with van der Waals surface area (Å²) in [6.07, 6.45) is 8.84. The number of nitrogens with one attached hydrogen (secondary N) is 2. The maximum atomic E-state index is 13.3. The number of anilines is 1. The number of hydrogen-bond donors (Lipinski definition) is 2. The Kier molecular flexibility index (Phi) is 8.14. The van der Waals surface area contributed by atoms with Gasteiger partial charge in [-0.05, 0) is 56.2 Å². The van der Waals surface area contributed by atoms with Crippen molar-refractivity contribution in [2.75, 3.05) is 18.6 Å². The molecular weight excluding hydrogens is 438 g/mol. The van der Waals surface area contributed by atoms with Gasteiger partial charge in [0.1, 0.15) is 12.6 Å². The second-order valence-electron chi connectivity index (χ2n) is 10.6. The summed E-state index contributed by atoms with van der Waals surface area (Å²) >= 11 is 0. The Hall–Kier alpha value is -3.02. The lowest BCUT2D eigenvalue weighted by molar-refractivity contribution is -0.142. The molecule has 0 spiro atoms. The molecule has 0 fully saturated rings. The van der Waals surface area contributed by atoms with Crippen LogP contribution in [0.4, 0.5) is 5.69 Å². The number of carbonyl (C=O) groups is 2. The minimum absolute atomic E-state index is 0.0522. The maximum absolute atomic E-state index is 13.3. The summed E-state index contributed by atoms with van der Waals surface area (Å²) in [6.45, 7) is 16.3. The molecule has 2 N–H and O–H groups in total. The number of hydrogen-bond acceptors (Lipinski definition) is 4. The third-order valence-corrected chi connectivity index (χ3v) is 7.18. The van der Waals surface area contributed by atoms with Gasteiger partial charge in [-0.25, -0.2) is 0 Å². The van der Waals surface area contributed by atoms with Crippen molar-refractivity contribution in [1.82, 2.24) is 10.3 Å². The fraction of sp³-hybridized carbons (Fsp3) is 0.517. The molecule has 1 aliphatic heterocycles. The topological polar surface area (TPSA) is 74.4 Å². The van der Waals surface area contributed by atoms with Gasteiger partial charge < -0.3 is 19.9 Å². The number of esters is 1. The molecule has 0 radical (unpaired) electrons. The van der Waals surface area contributed by atoms with E-state index in [0.29, 0.717) is 6.42 Å². The number of likely N-dealkylation sites (N-methyl/N-ethyl adjacent to an activating group) is 1. The van der Waals surface area contributed by atoms with Gasteiger partial charge in [0.25, 0.3) is 0 Å². The predicted molar refractivity (Wildman–Crippen MR) is 144 cm³/mol. The molecule has 3 atom stereocenters. The van der Waals surface area contributed by atoms with Gasteiger partial charge in [-0.15, -0.1) is 6.58 Å². The van der Waals surface area contributed by atoms with Crippen molar-refractivity contribution < 1.29 is 14.3 Å². The Bertz CT molecular complexity index is 1130. The summed E-state index contributed by atoms with van der Waals surface area (Å²) in [6, 6.07) is 3.67. The van der Waals surface area contributed by atoms with Crippen LogP contribution in [-0.4, -0.2) is 42.6 Å². The van der Waals surface area contributed by atoms with Gasteiger partial charge in [0, 0.05) is 36.7 Å².